The lowest BCUT2D eigenvalue weighted by Gasteiger charge is -2.02. The average molecular weight is 217 g/mol. The summed E-state index contributed by atoms with van der Waals surface area (Å²) in [6.45, 7) is 4.56. The molecule has 2 aromatic rings. The number of pyridine rings is 1. The second-order valence-corrected chi connectivity index (χ2v) is 3.96. The third-order valence-corrected chi connectivity index (χ3v) is 2.24. The fourth-order valence-electron chi connectivity index (χ4n) is 1.48. The molecule has 0 aliphatic heterocycles. The number of hydrogen-bond acceptors (Lipinski definition) is 4. The van der Waals surface area contributed by atoms with E-state index in [-0.39, 0.29) is 6.04 Å². The summed E-state index contributed by atoms with van der Waals surface area (Å²) in [5, 5.41) is 4.29. The zero-order valence-electron chi connectivity index (χ0n) is 9.46. The van der Waals surface area contributed by atoms with E-state index in [1.165, 1.54) is 0 Å². The van der Waals surface area contributed by atoms with Gasteiger partial charge in [0.15, 0.2) is 5.82 Å². The minimum Gasteiger partial charge on any atom is -0.321 e. The first-order chi connectivity index (χ1) is 7.65. The Labute approximate surface area is 94.3 Å². The highest BCUT2D eigenvalue weighted by atomic mass is 15.3. The first kappa shape index (κ1) is 10.8. The molecular weight excluding hydrogens is 202 g/mol. The van der Waals surface area contributed by atoms with Crippen LogP contribution in [-0.2, 0) is 6.54 Å². The molecule has 1 unspecified atom stereocenters. The summed E-state index contributed by atoms with van der Waals surface area (Å²) < 4.78 is 1.77. The quantitative estimate of drug-likeness (QED) is 0.834. The average Bonchev–Trinajstić information content (AvgIpc) is 2.66. The van der Waals surface area contributed by atoms with E-state index < -0.39 is 0 Å². The predicted molar refractivity (Wildman–Crippen MR) is 60.7 cm³/mol. The van der Waals surface area contributed by atoms with Crippen molar-refractivity contribution < 1.29 is 0 Å². The Hall–Kier alpha value is -1.75. The molecule has 2 N–H and O–H groups in total. The summed E-state index contributed by atoms with van der Waals surface area (Å²) >= 11 is 0. The van der Waals surface area contributed by atoms with Gasteiger partial charge in [-0.3, -0.25) is 4.98 Å². The lowest BCUT2D eigenvalue weighted by molar-refractivity contribution is 0.648. The molecule has 0 bridgehead atoms. The predicted octanol–water partition coefficient (Wildman–Crippen LogP) is 1.05. The van der Waals surface area contributed by atoms with Crippen molar-refractivity contribution in [1.82, 2.24) is 19.7 Å². The highest BCUT2D eigenvalue weighted by Crippen LogP contribution is 2.05. The SMILES string of the molecule is Cc1cncc(Cn2cnc(C(C)N)n2)c1. The van der Waals surface area contributed by atoms with Crippen LogP contribution in [0.5, 0.6) is 0 Å². The Balaban J connectivity index is 2.14. The Morgan fingerprint density at radius 3 is 2.88 bits per heavy atom. The van der Waals surface area contributed by atoms with E-state index in [1.807, 2.05) is 26.2 Å². The Morgan fingerprint density at radius 1 is 1.44 bits per heavy atom. The highest BCUT2D eigenvalue weighted by Gasteiger charge is 2.05. The van der Waals surface area contributed by atoms with E-state index in [0.29, 0.717) is 12.4 Å². The van der Waals surface area contributed by atoms with Crippen molar-refractivity contribution in [3.8, 4) is 0 Å². The molecule has 16 heavy (non-hydrogen) atoms. The third kappa shape index (κ3) is 2.43. The van der Waals surface area contributed by atoms with Gasteiger partial charge >= 0.3 is 0 Å². The molecule has 2 aromatic heterocycles. The van der Waals surface area contributed by atoms with E-state index in [4.69, 9.17) is 5.73 Å². The molecule has 2 heterocycles. The molecular formula is C11H15N5. The summed E-state index contributed by atoms with van der Waals surface area (Å²) in [7, 11) is 0. The van der Waals surface area contributed by atoms with Gasteiger partial charge in [-0.25, -0.2) is 9.67 Å². The largest absolute Gasteiger partial charge is 0.321 e. The zero-order valence-corrected chi connectivity index (χ0v) is 9.46. The number of aryl methyl sites for hydroxylation is 1. The Bertz CT molecular complexity index is 475. The number of aromatic nitrogens is 4. The molecule has 0 amide bonds. The lowest BCUT2D eigenvalue weighted by atomic mass is 10.2. The summed E-state index contributed by atoms with van der Waals surface area (Å²) in [6, 6.07) is 1.96. The molecule has 0 aliphatic rings. The molecule has 0 saturated carbocycles. The van der Waals surface area contributed by atoms with Crippen LogP contribution in [0, 0.1) is 6.92 Å². The van der Waals surface area contributed by atoms with Crippen LogP contribution in [0.3, 0.4) is 0 Å². The Kier molecular flexibility index (Phi) is 2.96. The standard InChI is InChI=1S/C11H15N5/c1-8-3-10(5-13-4-8)6-16-7-14-11(15-16)9(2)12/h3-5,7,9H,6,12H2,1-2H3. The summed E-state index contributed by atoms with van der Waals surface area (Å²) in [5.74, 6) is 0.667. The van der Waals surface area contributed by atoms with Gasteiger partial charge in [0.2, 0.25) is 0 Å². The fourth-order valence-corrected chi connectivity index (χ4v) is 1.48. The van der Waals surface area contributed by atoms with Gasteiger partial charge in [0, 0.05) is 12.4 Å². The van der Waals surface area contributed by atoms with Crippen molar-refractivity contribution in [1.29, 1.82) is 0 Å². The van der Waals surface area contributed by atoms with E-state index in [2.05, 4.69) is 21.1 Å². The molecule has 0 aromatic carbocycles. The van der Waals surface area contributed by atoms with Crippen molar-refractivity contribution in [2.75, 3.05) is 0 Å². The van der Waals surface area contributed by atoms with E-state index in [0.717, 1.165) is 11.1 Å². The molecule has 0 fully saturated rings. The van der Waals surface area contributed by atoms with Crippen molar-refractivity contribution in [3.05, 3.63) is 41.7 Å². The van der Waals surface area contributed by atoms with Crippen LogP contribution in [0.4, 0.5) is 0 Å². The van der Waals surface area contributed by atoms with E-state index >= 15 is 0 Å². The maximum Gasteiger partial charge on any atom is 0.166 e. The smallest absolute Gasteiger partial charge is 0.166 e. The van der Waals surface area contributed by atoms with E-state index in [9.17, 15) is 0 Å². The van der Waals surface area contributed by atoms with Crippen molar-refractivity contribution >= 4 is 0 Å². The minimum atomic E-state index is -0.128. The molecule has 0 spiro atoms. The molecule has 5 nitrogen and oxygen atoms in total. The fraction of sp³-hybridized carbons (Fsp3) is 0.364. The molecule has 0 aliphatic carbocycles. The maximum absolute atomic E-state index is 5.69. The number of hydrogen-bond donors (Lipinski definition) is 1. The normalized spacial score (nSPS) is 12.7. The highest BCUT2D eigenvalue weighted by molar-refractivity contribution is 5.16. The van der Waals surface area contributed by atoms with Crippen LogP contribution in [0.15, 0.2) is 24.8 Å². The van der Waals surface area contributed by atoms with Crippen molar-refractivity contribution in [3.63, 3.8) is 0 Å². The second kappa shape index (κ2) is 4.40. The molecule has 2 rings (SSSR count). The van der Waals surface area contributed by atoms with Gasteiger partial charge in [-0.2, -0.15) is 5.10 Å². The van der Waals surface area contributed by atoms with Crippen LogP contribution in [0.25, 0.3) is 0 Å². The van der Waals surface area contributed by atoms with Crippen LogP contribution in [0.2, 0.25) is 0 Å². The first-order valence-corrected chi connectivity index (χ1v) is 5.20. The van der Waals surface area contributed by atoms with Gasteiger partial charge in [-0.15, -0.1) is 0 Å². The van der Waals surface area contributed by atoms with Crippen LogP contribution in [-0.4, -0.2) is 19.7 Å². The molecule has 0 radical (unpaired) electrons. The van der Waals surface area contributed by atoms with Crippen LogP contribution >= 0.6 is 0 Å². The number of nitrogens with zero attached hydrogens (tertiary/aromatic N) is 4. The summed E-state index contributed by atoms with van der Waals surface area (Å²) in [4.78, 5) is 8.28. The Morgan fingerprint density at radius 2 is 2.25 bits per heavy atom. The minimum absolute atomic E-state index is 0.128. The number of nitrogens with two attached hydrogens (primary N) is 1. The molecule has 1 atom stereocenters. The molecule has 84 valence electrons. The first-order valence-electron chi connectivity index (χ1n) is 5.20. The lowest BCUT2D eigenvalue weighted by Crippen LogP contribution is -2.08. The van der Waals surface area contributed by atoms with Gasteiger partial charge in [0.25, 0.3) is 0 Å². The van der Waals surface area contributed by atoms with Gasteiger partial charge in [0.1, 0.15) is 6.33 Å². The van der Waals surface area contributed by atoms with Crippen LogP contribution in [0.1, 0.15) is 29.9 Å². The summed E-state index contributed by atoms with van der Waals surface area (Å²) in [6.07, 6.45) is 5.36. The van der Waals surface area contributed by atoms with Crippen LogP contribution < -0.4 is 5.73 Å². The van der Waals surface area contributed by atoms with Crippen molar-refractivity contribution in [2.45, 2.75) is 26.4 Å². The van der Waals surface area contributed by atoms with E-state index in [1.54, 1.807) is 11.0 Å². The van der Waals surface area contributed by atoms with Gasteiger partial charge < -0.3 is 5.73 Å². The summed E-state index contributed by atoms with van der Waals surface area (Å²) in [5.41, 5.74) is 7.95. The van der Waals surface area contributed by atoms with Gasteiger partial charge in [-0.05, 0) is 25.0 Å². The van der Waals surface area contributed by atoms with Gasteiger partial charge in [-0.1, -0.05) is 6.07 Å². The molecule has 0 saturated heterocycles. The number of rotatable bonds is 3. The monoisotopic (exact) mass is 217 g/mol. The maximum atomic E-state index is 5.69. The zero-order chi connectivity index (χ0) is 11.5. The topological polar surface area (TPSA) is 69.6 Å². The van der Waals surface area contributed by atoms with Crippen molar-refractivity contribution in [2.24, 2.45) is 5.73 Å². The third-order valence-electron chi connectivity index (χ3n) is 2.24. The second-order valence-electron chi connectivity index (χ2n) is 3.96. The molecule has 5 heteroatoms. The van der Waals surface area contributed by atoms with Gasteiger partial charge in [0.05, 0.1) is 12.6 Å².